The molecule has 0 aliphatic rings. The third-order valence-electron chi connectivity index (χ3n) is 2.75. The smallest absolute Gasteiger partial charge is 0.304 e. The first-order valence-electron chi connectivity index (χ1n) is 5.68. The normalized spacial score (nSPS) is 11.5. The van der Waals surface area contributed by atoms with E-state index >= 15 is 0 Å². The zero-order valence-electron chi connectivity index (χ0n) is 11.1. The van der Waals surface area contributed by atoms with Crippen LogP contribution in [0, 0.1) is 0 Å². The lowest BCUT2D eigenvalue weighted by atomic mass is 9.93. The van der Waals surface area contributed by atoms with Gasteiger partial charge in [-0.1, -0.05) is 0 Å². The number of hydrogen-bond donors (Lipinski definition) is 2. The van der Waals surface area contributed by atoms with Crippen LogP contribution in [-0.4, -0.2) is 38.3 Å². The summed E-state index contributed by atoms with van der Waals surface area (Å²) < 4.78 is 10.3. The molecule has 6 nitrogen and oxygen atoms in total. The van der Waals surface area contributed by atoms with Crippen molar-refractivity contribution >= 4 is 11.9 Å². The van der Waals surface area contributed by atoms with Crippen LogP contribution in [0.15, 0.2) is 18.2 Å². The molecule has 1 atom stereocenters. The maximum Gasteiger partial charge on any atom is 0.304 e. The number of rotatable bonds is 6. The highest BCUT2D eigenvalue weighted by Gasteiger charge is 2.26. The van der Waals surface area contributed by atoms with E-state index in [2.05, 4.69) is 5.32 Å². The lowest BCUT2D eigenvalue weighted by Gasteiger charge is -2.17. The van der Waals surface area contributed by atoms with E-state index in [1.807, 2.05) is 0 Å². The van der Waals surface area contributed by atoms with Gasteiger partial charge in [-0.2, -0.15) is 0 Å². The molecule has 104 valence electrons. The van der Waals surface area contributed by atoms with Crippen molar-refractivity contribution in [1.82, 2.24) is 5.32 Å². The second-order valence-electron chi connectivity index (χ2n) is 3.87. The number of amides is 1. The standard InChI is InChI=1S/C13H17NO5/c1-14-13(17)10(7-12(15)16)9-6-8(18-2)4-5-11(9)19-3/h4-6,10H,7H2,1-3H3,(H,14,17)(H,15,16). The molecule has 0 aromatic heterocycles. The fourth-order valence-electron chi connectivity index (χ4n) is 1.80. The van der Waals surface area contributed by atoms with Gasteiger partial charge in [-0.25, -0.2) is 0 Å². The molecule has 1 aromatic carbocycles. The molecule has 19 heavy (non-hydrogen) atoms. The molecule has 0 saturated carbocycles. The SMILES string of the molecule is CNC(=O)C(CC(=O)O)c1cc(OC)ccc1OC. The van der Waals surface area contributed by atoms with Crippen LogP contribution in [0.1, 0.15) is 17.9 Å². The lowest BCUT2D eigenvalue weighted by molar-refractivity contribution is -0.139. The molecular formula is C13H17NO5. The average molecular weight is 267 g/mol. The number of ether oxygens (including phenoxy) is 2. The first-order valence-corrected chi connectivity index (χ1v) is 5.68. The van der Waals surface area contributed by atoms with Crippen molar-refractivity contribution in [3.8, 4) is 11.5 Å². The quantitative estimate of drug-likeness (QED) is 0.803. The van der Waals surface area contributed by atoms with Crippen LogP contribution < -0.4 is 14.8 Å². The van der Waals surface area contributed by atoms with Gasteiger partial charge < -0.3 is 19.9 Å². The lowest BCUT2D eigenvalue weighted by Crippen LogP contribution is -2.27. The molecule has 6 heteroatoms. The van der Waals surface area contributed by atoms with Gasteiger partial charge in [-0.3, -0.25) is 9.59 Å². The topological polar surface area (TPSA) is 84.9 Å². The number of nitrogens with one attached hydrogen (secondary N) is 1. The Morgan fingerprint density at radius 2 is 2.00 bits per heavy atom. The van der Waals surface area contributed by atoms with Gasteiger partial charge >= 0.3 is 5.97 Å². The minimum absolute atomic E-state index is 0.316. The number of aliphatic carboxylic acids is 1. The molecule has 1 unspecified atom stereocenters. The van der Waals surface area contributed by atoms with Crippen molar-refractivity contribution in [2.75, 3.05) is 21.3 Å². The van der Waals surface area contributed by atoms with Crippen LogP contribution in [-0.2, 0) is 9.59 Å². The van der Waals surface area contributed by atoms with Crippen molar-refractivity contribution in [2.45, 2.75) is 12.3 Å². The third kappa shape index (κ3) is 3.61. The summed E-state index contributed by atoms with van der Waals surface area (Å²) in [5.41, 5.74) is 0.489. The van der Waals surface area contributed by atoms with Crippen LogP contribution >= 0.6 is 0 Å². The largest absolute Gasteiger partial charge is 0.497 e. The minimum atomic E-state index is -1.06. The van der Waals surface area contributed by atoms with Gasteiger partial charge in [0.15, 0.2) is 0 Å². The molecule has 0 saturated heterocycles. The first kappa shape index (κ1) is 14.8. The molecule has 0 heterocycles. The Hall–Kier alpha value is -2.24. The minimum Gasteiger partial charge on any atom is -0.497 e. The Labute approximate surface area is 111 Å². The molecule has 1 aromatic rings. The summed E-state index contributed by atoms with van der Waals surface area (Å²) in [6, 6.07) is 4.94. The van der Waals surface area contributed by atoms with E-state index in [9.17, 15) is 9.59 Å². The number of carboxylic acid groups (broad SMARTS) is 1. The molecular weight excluding hydrogens is 250 g/mol. The van der Waals surface area contributed by atoms with Gasteiger partial charge in [0, 0.05) is 12.6 Å². The maximum atomic E-state index is 11.8. The van der Waals surface area contributed by atoms with E-state index in [1.54, 1.807) is 18.2 Å². The molecule has 0 bridgehead atoms. The number of carboxylic acids is 1. The van der Waals surface area contributed by atoms with E-state index in [1.165, 1.54) is 21.3 Å². The number of hydrogen-bond acceptors (Lipinski definition) is 4. The third-order valence-corrected chi connectivity index (χ3v) is 2.75. The van der Waals surface area contributed by atoms with E-state index in [-0.39, 0.29) is 12.3 Å². The Morgan fingerprint density at radius 3 is 2.47 bits per heavy atom. The van der Waals surface area contributed by atoms with Crippen molar-refractivity contribution in [1.29, 1.82) is 0 Å². The van der Waals surface area contributed by atoms with E-state index < -0.39 is 11.9 Å². The van der Waals surface area contributed by atoms with Gasteiger partial charge in [-0.05, 0) is 18.2 Å². The molecule has 0 fully saturated rings. The second kappa shape index (κ2) is 6.63. The monoisotopic (exact) mass is 267 g/mol. The van der Waals surface area contributed by atoms with Crippen molar-refractivity contribution in [3.63, 3.8) is 0 Å². The van der Waals surface area contributed by atoms with Crippen LogP contribution in [0.3, 0.4) is 0 Å². The van der Waals surface area contributed by atoms with Crippen LogP contribution in [0.4, 0.5) is 0 Å². The average Bonchev–Trinajstić information content (AvgIpc) is 2.43. The number of likely N-dealkylation sites (N-methyl/N-ethyl adjacent to an activating group) is 1. The van der Waals surface area contributed by atoms with Crippen molar-refractivity contribution in [3.05, 3.63) is 23.8 Å². The molecule has 1 rings (SSSR count). The zero-order valence-corrected chi connectivity index (χ0v) is 11.1. The number of methoxy groups -OCH3 is 2. The molecule has 0 radical (unpaired) electrons. The van der Waals surface area contributed by atoms with Crippen molar-refractivity contribution in [2.24, 2.45) is 0 Å². The maximum absolute atomic E-state index is 11.8. The van der Waals surface area contributed by atoms with Gasteiger partial charge in [0.1, 0.15) is 11.5 Å². The molecule has 2 N–H and O–H groups in total. The molecule has 1 amide bonds. The molecule has 0 aliphatic carbocycles. The second-order valence-corrected chi connectivity index (χ2v) is 3.87. The Kier molecular flexibility index (Phi) is 5.17. The van der Waals surface area contributed by atoms with Crippen LogP contribution in [0.2, 0.25) is 0 Å². The number of benzene rings is 1. The van der Waals surface area contributed by atoms with E-state index in [4.69, 9.17) is 14.6 Å². The summed E-state index contributed by atoms with van der Waals surface area (Å²) in [7, 11) is 4.43. The Balaban J connectivity index is 3.25. The van der Waals surface area contributed by atoms with E-state index in [0.29, 0.717) is 17.1 Å². The van der Waals surface area contributed by atoms with Crippen LogP contribution in [0.25, 0.3) is 0 Å². The Morgan fingerprint density at radius 1 is 1.32 bits per heavy atom. The van der Waals surface area contributed by atoms with Gasteiger partial charge in [0.2, 0.25) is 5.91 Å². The highest BCUT2D eigenvalue weighted by Crippen LogP contribution is 2.32. The van der Waals surface area contributed by atoms with Gasteiger partial charge in [0.25, 0.3) is 0 Å². The number of carbonyl (C=O) groups is 2. The summed E-state index contributed by atoms with van der Waals surface area (Å²) in [5.74, 6) is -1.27. The fourth-order valence-corrected chi connectivity index (χ4v) is 1.80. The summed E-state index contributed by atoms with van der Waals surface area (Å²) in [6.45, 7) is 0. The van der Waals surface area contributed by atoms with Crippen molar-refractivity contribution < 1.29 is 24.2 Å². The summed E-state index contributed by atoms with van der Waals surface area (Å²) in [5, 5.41) is 11.4. The van der Waals surface area contributed by atoms with E-state index in [0.717, 1.165) is 0 Å². The summed E-state index contributed by atoms with van der Waals surface area (Å²) >= 11 is 0. The highest BCUT2D eigenvalue weighted by atomic mass is 16.5. The number of carbonyl (C=O) groups excluding carboxylic acids is 1. The molecule has 0 aliphatic heterocycles. The molecule has 0 spiro atoms. The Bertz CT molecular complexity index is 472. The summed E-state index contributed by atoms with van der Waals surface area (Å²) in [4.78, 5) is 22.8. The zero-order chi connectivity index (χ0) is 14.4. The predicted molar refractivity (Wildman–Crippen MR) is 68.6 cm³/mol. The first-order chi connectivity index (χ1) is 9.03. The van der Waals surface area contributed by atoms with Gasteiger partial charge in [-0.15, -0.1) is 0 Å². The fraction of sp³-hybridized carbons (Fsp3) is 0.385. The van der Waals surface area contributed by atoms with Crippen LogP contribution in [0.5, 0.6) is 11.5 Å². The highest BCUT2D eigenvalue weighted by molar-refractivity contribution is 5.88. The summed E-state index contributed by atoms with van der Waals surface area (Å²) in [6.07, 6.45) is -0.316. The van der Waals surface area contributed by atoms with Gasteiger partial charge in [0.05, 0.1) is 26.6 Å². The predicted octanol–water partition coefficient (Wildman–Crippen LogP) is 1.01.